The number of hydrogen-bond donors (Lipinski definition) is 1. The average molecular weight is 515 g/mol. The predicted molar refractivity (Wildman–Crippen MR) is 141 cm³/mol. The molecule has 1 saturated heterocycles. The van der Waals surface area contributed by atoms with Gasteiger partial charge in [-0.2, -0.15) is 0 Å². The Kier molecular flexibility index (Phi) is 5.78. The first-order valence-electron chi connectivity index (χ1n) is 11.6. The van der Waals surface area contributed by atoms with Crippen molar-refractivity contribution in [2.75, 3.05) is 4.90 Å². The Morgan fingerprint density at radius 2 is 1.69 bits per heavy atom. The molecule has 6 rings (SSSR count). The molecule has 6 nitrogen and oxygen atoms in total. The third-order valence-corrected chi connectivity index (χ3v) is 8.98. The molecular weight excluding hydrogens is 492 g/mol. The summed E-state index contributed by atoms with van der Waals surface area (Å²) in [5, 5.41) is 0.0502. The second-order valence-corrected chi connectivity index (χ2v) is 11.1. The second kappa shape index (κ2) is 9.11. The molecular formula is C28H22N2O4S2. The first-order chi connectivity index (χ1) is 17.5. The fourth-order valence-corrected chi connectivity index (χ4v) is 7.38. The van der Waals surface area contributed by atoms with E-state index in [1.165, 1.54) is 16.7 Å². The number of aromatic amines is 1. The van der Waals surface area contributed by atoms with Crippen molar-refractivity contribution in [2.45, 2.75) is 29.7 Å². The molecule has 36 heavy (non-hydrogen) atoms. The Hall–Kier alpha value is -3.62. The third-order valence-electron chi connectivity index (χ3n) is 6.58. The lowest BCUT2D eigenvalue weighted by atomic mass is 9.83. The first kappa shape index (κ1) is 22.8. The van der Waals surface area contributed by atoms with Crippen molar-refractivity contribution in [3.8, 4) is 5.75 Å². The number of anilines is 1. The summed E-state index contributed by atoms with van der Waals surface area (Å²) < 4.78 is 6.04. The van der Waals surface area contributed by atoms with E-state index in [1.54, 1.807) is 12.1 Å². The number of nitrogens with zero attached hydrogens (tertiary/aromatic N) is 1. The number of carbonyl (C=O) groups is 2. The minimum absolute atomic E-state index is 0.191. The maximum atomic E-state index is 13.8. The van der Waals surface area contributed by atoms with E-state index in [2.05, 4.69) is 4.98 Å². The lowest BCUT2D eigenvalue weighted by Crippen LogP contribution is -2.32. The summed E-state index contributed by atoms with van der Waals surface area (Å²) in [4.78, 5) is 44.4. The van der Waals surface area contributed by atoms with Crippen LogP contribution in [0.4, 0.5) is 5.69 Å². The highest BCUT2D eigenvalue weighted by Gasteiger charge is 2.56. The van der Waals surface area contributed by atoms with Gasteiger partial charge in [0.15, 0.2) is 0 Å². The number of thioether (sulfide) groups is 1. The quantitative estimate of drug-likeness (QED) is 0.374. The van der Waals surface area contributed by atoms with Crippen LogP contribution in [-0.4, -0.2) is 22.0 Å². The standard InChI is InChI=1S/C28H22N2O4S2/c1-16-10-12-19(13-11-16)30-26(31)22-21(23-25(29-28(33)36-23)35-24(22)27(30)32)18-8-5-9-20(14-18)34-15-17-6-3-2-4-7-17/h2-14,21-22,24H,15H2,1H3,(H,29,33). The molecule has 1 N–H and O–H groups in total. The summed E-state index contributed by atoms with van der Waals surface area (Å²) in [6, 6.07) is 24.9. The Morgan fingerprint density at radius 3 is 2.47 bits per heavy atom. The summed E-state index contributed by atoms with van der Waals surface area (Å²) in [5.41, 5.74) is 3.52. The molecule has 3 atom stereocenters. The molecule has 0 bridgehead atoms. The molecule has 3 aromatic carbocycles. The highest BCUT2D eigenvalue weighted by atomic mass is 32.2. The fraction of sp³-hybridized carbons (Fsp3) is 0.179. The topological polar surface area (TPSA) is 79.5 Å². The van der Waals surface area contributed by atoms with Gasteiger partial charge in [0.1, 0.15) is 17.6 Å². The fourth-order valence-electron chi connectivity index (χ4n) is 4.86. The number of carbonyl (C=O) groups excluding carboxylic acids is 2. The van der Waals surface area contributed by atoms with Gasteiger partial charge >= 0.3 is 4.87 Å². The summed E-state index contributed by atoms with van der Waals surface area (Å²) in [6.07, 6.45) is 0. The van der Waals surface area contributed by atoms with Crippen LogP contribution in [0.5, 0.6) is 5.75 Å². The van der Waals surface area contributed by atoms with Crippen LogP contribution in [0, 0.1) is 12.8 Å². The van der Waals surface area contributed by atoms with Gasteiger partial charge in [-0.3, -0.25) is 14.4 Å². The number of nitrogens with one attached hydrogen (secondary N) is 1. The Morgan fingerprint density at radius 1 is 0.917 bits per heavy atom. The highest BCUT2D eigenvalue weighted by molar-refractivity contribution is 8.00. The van der Waals surface area contributed by atoms with Crippen molar-refractivity contribution in [3.05, 3.63) is 110 Å². The Bertz CT molecular complexity index is 1510. The van der Waals surface area contributed by atoms with Crippen LogP contribution < -0.4 is 14.5 Å². The largest absolute Gasteiger partial charge is 0.489 e. The van der Waals surface area contributed by atoms with Crippen LogP contribution in [0.1, 0.15) is 27.5 Å². The summed E-state index contributed by atoms with van der Waals surface area (Å²) in [5.74, 6) is -0.872. The van der Waals surface area contributed by atoms with Crippen LogP contribution in [0.3, 0.4) is 0 Å². The van der Waals surface area contributed by atoms with Crippen molar-refractivity contribution in [2.24, 2.45) is 5.92 Å². The summed E-state index contributed by atoms with van der Waals surface area (Å²) >= 11 is 2.39. The maximum absolute atomic E-state index is 13.8. The zero-order valence-electron chi connectivity index (χ0n) is 19.3. The monoisotopic (exact) mass is 514 g/mol. The second-order valence-electron chi connectivity index (χ2n) is 8.94. The van der Waals surface area contributed by atoms with E-state index >= 15 is 0 Å². The average Bonchev–Trinajstić information content (AvgIpc) is 3.38. The van der Waals surface area contributed by atoms with Gasteiger partial charge < -0.3 is 9.72 Å². The van der Waals surface area contributed by atoms with E-state index in [0.717, 1.165) is 32.9 Å². The van der Waals surface area contributed by atoms with Crippen LogP contribution >= 0.6 is 23.1 Å². The smallest absolute Gasteiger partial charge is 0.305 e. The molecule has 8 heteroatoms. The molecule has 2 aliphatic heterocycles. The van der Waals surface area contributed by atoms with E-state index in [9.17, 15) is 14.4 Å². The van der Waals surface area contributed by atoms with Gasteiger partial charge in [0.25, 0.3) is 0 Å². The molecule has 0 spiro atoms. The lowest BCUT2D eigenvalue weighted by Gasteiger charge is -2.30. The molecule has 0 radical (unpaired) electrons. The van der Waals surface area contributed by atoms with Gasteiger partial charge in [-0.1, -0.05) is 83.3 Å². The SMILES string of the molecule is Cc1ccc(N2C(=O)C3Sc4[nH]c(=O)sc4C(c4cccc(OCc5ccccc5)c4)C3C2=O)cc1. The van der Waals surface area contributed by atoms with Crippen LogP contribution in [0.15, 0.2) is 88.7 Å². The molecule has 4 aromatic rings. The molecule has 3 unspecified atom stereocenters. The zero-order valence-corrected chi connectivity index (χ0v) is 21.0. The number of ether oxygens (including phenoxy) is 1. The Labute approximate surface area is 215 Å². The van der Waals surface area contributed by atoms with Gasteiger partial charge in [0.05, 0.1) is 16.6 Å². The summed E-state index contributed by atoms with van der Waals surface area (Å²) in [7, 11) is 0. The minimum atomic E-state index is -0.618. The zero-order chi connectivity index (χ0) is 24.8. The number of imide groups is 1. The van der Waals surface area contributed by atoms with Crippen molar-refractivity contribution in [1.29, 1.82) is 0 Å². The van der Waals surface area contributed by atoms with Gasteiger partial charge in [-0.25, -0.2) is 4.90 Å². The number of benzene rings is 3. The van der Waals surface area contributed by atoms with Crippen LogP contribution in [0.25, 0.3) is 0 Å². The summed E-state index contributed by atoms with van der Waals surface area (Å²) in [6.45, 7) is 2.38. The minimum Gasteiger partial charge on any atom is -0.489 e. The van der Waals surface area contributed by atoms with E-state index in [4.69, 9.17) is 4.74 Å². The molecule has 0 saturated carbocycles. The Balaban J connectivity index is 1.38. The van der Waals surface area contributed by atoms with Crippen molar-refractivity contribution in [3.63, 3.8) is 0 Å². The molecule has 0 aliphatic carbocycles. The van der Waals surface area contributed by atoms with Crippen LogP contribution in [0.2, 0.25) is 0 Å². The van der Waals surface area contributed by atoms with Crippen LogP contribution in [-0.2, 0) is 16.2 Å². The highest BCUT2D eigenvalue weighted by Crippen LogP contribution is 2.53. The molecule has 1 fully saturated rings. The predicted octanol–water partition coefficient (Wildman–Crippen LogP) is 5.12. The lowest BCUT2D eigenvalue weighted by molar-refractivity contribution is -0.122. The first-order valence-corrected chi connectivity index (χ1v) is 13.3. The number of aromatic nitrogens is 1. The molecule has 2 aliphatic rings. The maximum Gasteiger partial charge on any atom is 0.305 e. The number of amides is 2. The number of thiazole rings is 1. The third kappa shape index (κ3) is 3.96. The van der Waals surface area contributed by atoms with E-state index in [1.807, 2.05) is 73.7 Å². The molecule has 1 aromatic heterocycles. The number of fused-ring (bicyclic) bond motifs is 2. The van der Waals surface area contributed by atoms with Gasteiger partial charge in [-0.05, 0) is 42.3 Å². The number of aryl methyl sites for hydroxylation is 1. The van der Waals surface area contributed by atoms with E-state index in [-0.39, 0.29) is 16.7 Å². The van der Waals surface area contributed by atoms with Crippen molar-refractivity contribution >= 4 is 40.6 Å². The van der Waals surface area contributed by atoms with E-state index < -0.39 is 17.1 Å². The van der Waals surface area contributed by atoms with Gasteiger partial charge in [0.2, 0.25) is 11.8 Å². The molecule has 3 heterocycles. The normalized spacial score (nSPS) is 20.8. The number of hydrogen-bond acceptors (Lipinski definition) is 6. The van der Waals surface area contributed by atoms with Gasteiger partial charge in [0, 0.05) is 10.8 Å². The van der Waals surface area contributed by atoms with E-state index in [0.29, 0.717) is 23.1 Å². The van der Waals surface area contributed by atoms with Crippen molar-refractivity contribution < 1.29 is 14.3 Å². The number of H-pyrrole nitrogens is 1. The van der Waals surface area contributed by atoms with Crippen molar-refractivity contribution in [1.82, 2.24) is 4.98 Å². The molecule has 180 valence electrons. The number of rotatable bonds is 5. The molecule has 2 amide bonds. The van der Waals surface area contributed by atoms with Gasteiger partial charge in [-0.15, -0.1) is 0 Å².